The smallest absolute Gasteiger partial charge is 0.234 e. The summed E-state index contributed by atoms with van der Waals surface area (Å²) in [6, 6.07) is 0. The molecule has 1 aliphatic rings. The predicted molar refractivity (Wildman–Crippen MR) is 66.3 cm³/mol. The molecular weight excluding hydrogens is 202 g/mol. The summed E-state index contributed by atoms with van der Waals surface area (Å²) < 4.78 is 0. The monoisotopic (exact) mass is 225 g/mol. The second kappa shape index (κ2) is 7.41. The summed E-state index contributed by atoms with van der Waals surface area (Å²) in [5, 5.41) is 6.14. The van der Waals surface area contributed by atoms with E-state index in [-0.39, 0.29) is 5.91 Å². The molecule has 92 valence electrons. The Bertz CT molecular complexity index is 224. The molecule has 0 aromatic carbocycles. The average Bonchev–Trinajstić information content (AvgIpc) is 2.27. The van der Waals surface area contributed by atoms with Gasteiger partial charge in [-0.25, -0.2) is 0 Å². The third-order valence-electron chi connectivity index (χ3n) is 2.89. The van der Waals surface area contributed by atoms with Crippen LogP contribution in [0.3, 0.4) is 0 Å². The van der Waals surface area contributed by atoms with Crippen molar-refractivity contribution in [3.8, 4) is 0 Å². The predicted octanol–water partition coefficient (Wildman–Crippen LogP) is 0.220. The van der Waals surface area contributed by atoms with E-state index in [0.717, 1.165) is 25.6 Å². The van der Waals surface area contributed by atoms with E-state index >= 15 is 0 Å². The zero-order valence-corrected chi connectivity index (χ0v) is 10.2. The van der Waals surface area contributed by atoms with Crippen LogP contribution in [-0.4, -0.2) is 50.6 Å². The molecule has 0 aliphatic carbocycles. The molecule has 1 amide bonds. The van der Waals surface area contributed by atoms with Gasteiger partial charge in [-0.1, -0.05) is 6.08 Å². The second-order valence-electron chi connectivity index (χ2n) is 4.48. The first kappa shape index (κ1) is 13.2. The molecule has 1 aliphatic heterocycles. The molecule has 0 spiro atoms. The van der Waals surface area contributed by atoms with Gasteiger partial charge in [0.15, 0.2) is 0 Å². The number of carbonyl (C=O) groups is 1. The van der Waals surface area contributed by atoms with Crippen molar-refractivity contribution in [2.75, 3.05) is 39.8 Å². The maximum Gasteiger partial charge on any atom is 0.234 e. The van der Waals surface area contributed by atoms with Crippen LogP contribution >= 0.6 is 0 Å². The summed E-state index contributed by atoms with van der Waals surface area (Å²) in [5.74, 6) is 0.815. The van der Waals surface area contributed by atoms with Crippen molar-refractivity contribution in [2.24, 2.45) is 5.92 Å². The Labute approximate surface area is 98.1 Å². The lowest BCUT2D eigenvalue weighted by molar-refractivity contribution is -0.121. The van der Waals surface area contributed by atoms with E-state index < -0.39 is 0 Å². The van der Waals surface area contributed by atoms with Gasteiger partial charge < -0.3 is 10.6 Å². The molecule has 16 heavy (non-hydrogen) atoms. The van der Waals surface area contributed by atoms with Crippen molar-refractivity contribution in [3.63, 3.8) is 0 Å². The molecule has 1 heterocycles. The summed E-state index contributed by atoms with van der Waals surface area (Å²) in [6.07, 6.45) is 4.14. The molecule has 0 bridgehead atoms. The molecule has 4 heteroatoms. The van der Waals surface area contributed by atoms with Crippen LogP contribution in [0, 0.1) is 5.92 Å². The van der Waals surface area contributed by atoms with E-state index in [1.807, 2.05) is 7.05 Å². The minimum atomic E-state index is 0.0799. The fraction of sp³-hybridized carbons (Fsp3) is 0.750. The van der Waals surface area contributed by atoms with Gasteiger partial charge in [0.05, 0.1) is 6.54 Å². The van der Waals surface area contributed by atoms with Crippen molar-refractivity contribution in [2.45, 2.75) is 12.8 Å². The quantitative estimate of drug-likeness (QED) is 0.636. The van der Waals surface area contributed by atoms with Gasteiger partial charge >= 0.3 is 0 Å². The standard InChI is InChI=1S/C12H23N3O/c1-3-6-14-12(16)10-15(2)9-11-4-7-13-8-5-11/h3,11,13H,1,4-10H2,2H3,(H,14,16). The summed E-state index contributed by atoms with van der Waals surface area (Å²) in [5.41, 5.74) is 0. The van der Waals surface area contributed by atoms with Crippen LogP contribution in [0.1, 0.15) is 12.8 Å². The summed E-state index contributed by atoms with van der Waals surface area (Å²) >= 11 is 0. The molecule has 0 saturated carbocycles. The SMILES string of the molecule is C=CCNC(=O)CN(C)CC1CCNCC1. The van der Waals surface area contributed by atoms with Crippen molar-refractivity contribution in [3.05, 3.63) is 12.7 Å². The van der Waals surface area contributed by atoms with Crippen molar-refractivity contribution >= 4 is 5.91 Å². The first-order valence-electron chi connectivity index (χ1n) is 5.99. The van der Waals surface area contributed by atoms with Crippen LogP contribution in [-0.2, 0) is 4.79 Å². The van der Waals surface area contributed by atoms with Gasteiger partial charge in [-0.3, -0.25) is 9.69 Å². The number of piperidine rings is 1. The van der Waals surface area contributed by atoms with Gasteiger partial charge in [-0.05, 0) is 38.9 Å². The van der Waals surface area contributed by atoms with Crippen LogP contribution in [0.15, 0.2) is 12.7 Å². The fourth-order valence-electron chi connectivity index (χ4n) is 2.06. The van der Waals surface area contributed by atoms with Gasteiger partial charge in [-0.2, -0.15) is 0 Å². The van der Waals surface area contributed by atoms with Gasteiger partial charge in [0.25, 0.3) is 0 Å². The average molecular weight is 225 g/mol. The van der Waals surface area contributed by atoms with Gasteiger partial charge in [0.2, 0.25) is 5.91 Å². The molecule has 4 nitrogen and oxygen atoms in total. The highest BCUT2D eigenvalue weighted by molar-refractivity contribution is 5.78. The van der Waals surface area contributed by atoms with E-state index in [1.165, 1.54) is 12.8 Å². The molecule has 1 rings (SSSR count). The molecule has 2 N–H and O–H groups in total. The number of carbonyl (C=O) groups excluding carboxylic acids is 1. The van der Waals surface area contributed by atoms with E-state index in [1.54, 1.807) is 6.08 Å². The number of amides is 1. The first-order chi connectivity index (χ1) is 7.72. The molecule has 0 atom stereocenters. The molecule has 0 aromatic rings. The Balaban J connectivity index is 2.15. The molecule has 0 aromatic heterocycles. The highest BCUT2D eigenvalue weighted by atomic mass is 16.1. The van der Waals surface area contributed by atoms with Gasteiger partial charge in [0, 0.05) is 13.1 Å². The minimum absolute atomic E-state index is 0.0799. The number of likely N-dealkylation sites (N-methyl/N-ethyl adjacent to an activating group) is 1. The van der Waals surface area contributed by atoms with E-state index in [9.17, 15) is 4.79 Å². The summed E-state index contributed by atoms with van der Waals surface area (Å²) in [7, 11) is 2.01. The zero-order valence-electron chi connectivity index (χ0n) is 10.2. The van der Waals surface area contributed by atoms with Crippen LogP contribution < -0.4 is 10.6 Å². The van der Waals surface area contributed by atoms with Gasteiger partial charge in [0.1, 0.15) is 0 Å². The highest BCUT2D eigenvalue weighted by Gasteiger charge is 2.16. The lowest BCUT2D eigenvalue weighted by Crippen LogP contribution is -2.39. The summed E-state index contributed by atoms with van der Waals surface area (Å²) in [6.45, 7) is 7.85. The number of nitrogens with zero attached hydrogens (tertiary/aromatic N) is 1. The maximum absolute atomic E-state index is 11.4. The van der Waals surface area contributed by atoms with Crippen LogP contribution in [0.25, 0.3) is 0 Å². The Kier molecular flexibility index (Phi) is 6.11. The Morgan fingerprint density at radius 2 is 2.25 bits per heavy atom. The number of nitrogens with one attached hydrogen (secondary N) is 2. The fourth-order valence-corrected chi connectivity index (χ4v) is 2.06. The van der Waals surface area contributed by atoms with E-state index in [0.29, 0.717) is 13.1 Å². The van der Waals surface area contributed by atoms with E-state index in [4.69, 9.17) is 0 Å². The lowest BCUT2D eigenvalue weighted by Gasteiger charge is -2.27. The Morgan fingerprint density at radius 3 is 2.88 bits per heavy atom. The van der Waals surface area contributed by atoms with Crippen LogP contribution in [0.2, 0.25) is 0 Å². The highest BCUT2D eigenvalue weighted by Crippen LogP contribution is 2.12. The Morgan fingerprint density at radius 1 is 1.56 bits per heavy atom. The Hall–Kier alpha value is -0.870. The molecule has 0 radical (unpaired) electrons. The van der Waals surface area contributed by atoms with E-state index in [2.05, 4.69) is 22.1 Å². The topological polar surface area (TPSA) is 44.4 Å². The molecule has 1 fully saturated rings. The molecule has 0 unspecified atom stereocenters. The van der Waals surface area contributed by atoms with Crippen LogP contribution in [0.4, 0.5) is 0 Å². The minimum Gasteiger partial charge on any atom is -0.352 e. The zero-order chi connectivity index (χ0) is 11.8. The van der Waals surface area contributed by atoms with Gasteiger partial charge in [-0.15, -0.1) is 6.58 Å². The number of rotatable bonds is 6. The molecular formula is C12H23N3O. The molecule has 1 saturated heterocycles. The number of hydrogen-bond acceptors (Lipinski definition) is 3. The number of hydrogen-bond donors (Lipinski definition) is 2. The largest absolute Gasteiger partial charge is 0.352 e. The normalized spacial score (nSPS) is 17.4. The van der Waals surface area contributed by atoms with Crippen LogP contribution in [0.5, 0.6) is 0 Å². The second-order valence-corrected chi connectivity index (χ2v) is 4.48. The third-order valence-corrected chi connectivity index (χ3v) is 2.89. The van der Waals surface area contributed by atoms with Crippen molar-refractivity contribution in [1.82, 2.24) is 15.5 Å². The van der Waals surface area contributed by atoms with Crippen molar-refractivity contribution in [1.29, 1.82) is 0 Å². The summed E-state index contributed by atoms with van der Waals surface area (Å²) in [4.78, 5) is 13.5. The lowest BCUT2D eigenvalue weighted by atomic mass is 9.98. The maximum atomic E-state index is 11.4. The van der Waals surface area contributed by atoms with Crippen molar-refractivity contribution < 1.29 is 4.79 Å². The first-order valence-corrected chi connectivity index (χ1v) is 5.99. The third kappa shape index (κ3) is 5.28.